The zero-order valence-electron chi connectivity index (χ0n) is 21.6. The van der Waals surface area contributed by atoms with Crippen LogP contribution in [0.2, 0.25) is 0 Å². The largest absolute Gasteiger partial charge is 0.497 e. The van der Waals surface area contributed by atoms with E-state index in [9.17, 15) is 9.90 Å². The number of para-hydroxylation sites is 2. The number of ether oxygens (including phenoxy) is 4. The lowest BCUT2D eigenvalue weighted by atomic mass is 9.99. The van der Waals surface area contributed by atoms with Gasteiger partial charge in [0.05, 0.1) is 45.3 Å². The molecule has 3 aromatic carbocycles. The fourth-order valence-electron chi connectivity index (χ4n) is 4.02. The lowest BCUT2D eigenvalue weighted by molar-refractivity contribution is -0.125. The monoisotopic (exact) mass is 507 g/mol. The predicted molar refractivity (Wildman–Crippen MR) is 144 cm³/mol. The number of rotatable bonds is 17. The van der Waals surface area contributed by atoms with E-state index < -0.39 is 0 Å². The number of methoxy groups -OCH3 is 2. The van der Waals surface area contributed by atoms with E-state index in [4.69, 9.17) is 18.9 Å². The highest BCUT2D eigenvalue weighted by molar-refractivity contribution is 5.81. The molecule has 0 aliphatic heterocycles. The Morgan fingerprint density at radius 3 is 2.27 bits per heavy atom. The first-order chi connectivity index (χ1) is 18.1. The number of nitrogens with one attached hydrogen (secondary N) is 1. The van der Waals surface area contributed by atoms with Gasteiger partial charge in [-0.15, -0.1) is 0 Å². The summed E-state index contributed by atoms with van der Waals surface area (Å²) >= 11 is 0. The Balaban J connectivity index is 1.69. The highest BCUT2D eigenvalue weighted by Crippen LogP contribution is 2.27. The molecule has 3 aromatic rings. The van der Waals surface area contributed by atoms with Gasteiger partial charge in [0, 0.05) is 13.0 Å². The Morgan fingerprint density at radius 2 is 1.57 bits per heavy atom. The third-order valence-electron chi connectivity index (χ3n) is 5.99. The van der Waals surface area contributed by atoms with Crippen LogP contribution in [0.3, 0.4) is 0 Å². The van der Waals surface area contributed by atoms with Crippen molar-refractivity contribution in [1.29, 1.82) is 0 Å². The van der Waals surface area contributed by atoms with Gasteiger partial charge in [0.2, 0.25) is 0 Å². The summed E-state index contributed by atoms with van der Waals surface area (Å²) in [6, 6.07) is 24.7. The molecule has 0 amide bonds. The van der Waals surface area contributed by atoms with Crippen LogP contribution in [-0.2, 0) is 27.5 Å². The van der Waals surface area contributed by atoms with Gasteiger partial charge in [-0.2, -0.15) is 0 Å². The number of ketones is 1. The average Bonchev–Trinajstić information content (AvgIpc) is 2.94. The first-order valence-corrected chi connectivity index (χ1v) is 12.5. The number of hydrogen-bond acceptors (Lipinski definition) is 7. The summed E-state index contributed by atoms with van der Waals surface area (Å²) < 4.78 is 22.7. The van der Waals surface area contributed by atoms with Crippen molar-refractivity contribution in [2.24, 2.45) is 0 Å². The van der Waals surface area contributed by atoms with Crippen LogP contribution in [0, 0.1) is 0 Å². The maximum absolute atomic E-state index is 13.0. The number of carbonyl (C=O) groups is 1. The van der Waals surface area contributed by atoms with Gasteiger partial charge in [0.1, 0.15) is 18.1 Å². The standard InChI is InChI=1S/C30H37NO6/c1-34-26-16-14-24(15-17-26)20-36-22-25(33)19-28(31-27-11-6-7-12-29(27)35-2)30(13-8-18-32)37-21-23-9-4-3-5-10-23/h3-7,9-12,14-17,28,30-32H,8,13,18-22H2,1-2H3/t28-,30-/m0/s1. The maximum atomic E-state index is 13.0. The summed E-state index contributed by atoms with van der Waals surface area (Å²) in [7, 11) is 3.24. The molecular weight excluding hydrogens is 470 g/mol. The summed E-state index contributed by atoms with van der Waals surface area (Å²) in [6.45, 7) is 0.773. The molecule has 0 fully saturated rings. The summed E-state index contributed by atoms with van der Waals surface area (Å²) in [5.41, 5.74) is 2.78. The lowest BCUT2D eigenvalue weighted by Crippen LogP contribution is -2.38. The first-order valence-electron chi connectivity index (χ1n) is 12.5. The molecular formula is C30H37NO6. The molecule has 0 spiro atoms. The summed E-state index contributed by atoms with van der Waals surface area (Å²) in [5, 5.41) is 13.0. The van der Waals surface area contributed by atoms with E-state index in [1.54, 1.807) is 14.2 Å². The molecule has 0 saturated carbocycles. The molecule has 0 saturated heterocycles. The van der Waals surface area contributed by atoms with Crippen molar-refractivity contribution in [2.45, 2.75) is 44.6 Å². The Morgan fingerprint density at radius 1 is 0.865 bits per heavy atom. The first kappa shape index (κ1) is 28.2. The second-order valence-electron chi connectivity index (χ2n) is 8.74. The van der Waals surface area contributed by atoms with Crippen LogP contribution in [-0.4, -0.2) is 50.5 Å². The maximum Gasteiger partial charge on any atom is 0.160 e. The highest BCUT2D eigenvalue weighted by atomic mass is 16.5. The SMILES string of the molecule is COc1ccc(COCC(=O)C[C@H](Nc2ccccc2OC)[C@H](CCCO)OCc2ccccc2)cc1. The van der Waals surface area contributed by atoms with Crippen LogP contribution in [0.15, 0.2) is 78.9 Å². The summed E-state index contributed by atoms with van der Waals surface area (Å²) in [4.78, 5) is 13.0. The van der Waals surface area contributed by atoms with E-state index in [1.165, 1.54) is 0 Å². The van der Waals surface area contributed by atoms with Gasteiger partial charge in [0.25, 0.3) is 0 Å². The number of aliphatic hydroxyl groups is 1. The van der Waals surface area contributed by atoms with Crippen molar-refractivity contribution >= 4 is 11.5 Å². The number of carbonyl (C=O) groups excluding carboxylic acids is 1. The quantitative estimate of drug-likeness (QED) is 0.265. The predicted octanol–water partition coefficient (Wildman–Crippen LogP) is 5.02. The number of hydrogen-bond donors (Lipinski definition) is 2. The van der Waals surface area contributed by atoms with E-state index in [0.717, 1.165) is 22.6 Å². The molecule has 7 nitrogen and oxygen atoms in total. The van der Waals surface area contributed by atoms with Crippen molar-refractivity contribution in [2.75, 3.05) is 32.8 Å². The van der Waals surface area contributed by atoms with Crippen LogP contribution in [0.25, 0.3) is 0 Å². The number of anilines is 1. The molecule has 198 valence electrons. The minimum Gasteiger partial charge on any atom is -0.497 e. The van der Waals surface area contributed by atoms with Crippen molar-refractivity contribution < 1.29 is 28.8 Å². The second-order valence-corrected chi connectivity index (χ2v) is 8.74. The van der Waals surface area contributed by atoms with Gasteiger partial charge in [-0.05, 0) is 48.2 Å². The Hall–Kier alpha value is -3.39. The van der Waals surface area contributed by atoms with Gasteiger partial charge >= 0.3 is 0 Å². The smallest absolute Gasteiger partial charge is 0.160 e. The van der Waals surface area contributed by atoms with Crippen molar-refractivity contribution in [3.8, 4) is 11.5 Å². The summed E-state index contributed by atoms with van der Waals surface area (Å²) in [6.07, 6.45) is 1.04. The van der Waals surface area contributed by atoms with Gasteiger partial charge in [-0.3, -0.25) is 4.79 Å². The van der Waals surface area contributed by atoms with Crippen molar-refractivity contribution in [3.05, 3.63) is 90.0 Å². The third kappa shape index (κ3) is 9.53. The highest BCUT2D eigenvalue weighted by Gasteiger charge is 2.26. The molecule has 3 rings (SSSR count). The van der Waals surface area contributed by atoms with Crippen LogP contribution in [0.4, 0.5) is 5.69 Å². The molecule has 0 aliphatic rings. The van der Waals surface area contributed by atoms with E-state index in [0.29, 0.717) is 31.8 Å². The normalized spacial score (nSPS) is 12.5. The number of aliphatic hydroxyl groups excluding tert-OH is 1. The zero-order chi connectivity index (χ0) is 26.3. The van der Waals surface area contributed by atoms with Crippen LogP contribution in [0.1, 0.15) is 30.4 Å². The van der Waals surface area contributed by atoms with Gasteiger partial charge in [0.15, 0.2) is 5.78 Å². The van der Waals surface area contributed by atoms with E-state index in [-0.39, 0.29) is 37.6 Å². The molecule has 0 bridgehead atoms. The molecule has 7 heteroatoms. The van der Waals surface area contributed by atoms with Crippen molar-refractivity contribution in [3.63, 3.8) is 0 Å². The zero-order valence-corrected chi connectivity index (χ0v) is 21.6. The Labute approximate surface area is 219 Å². The van der Waals surface area contributed by atoms with E-state index in [1.807, 2.05) is 78.9 Å². The molecule has 0 unspecified atom stereocenters. The fourth-order valence-corrected chi connectivity index (χ4v) is 4.02. The van der Waals surface area contributed by atoms with Crippen LogP contribution in [0.5, 0.6) is 11.5 Å². The lowest BCUT2D eigenvalue weighted by Gasteiger charge is -2.29. The minimum atomic E-state index is -0.344. The average molecular weight is 508 g/mol. The molecule has 0 heterocycles. The van der Waals surface area contributed by atoms with Crippen LogP contribution < -0.4 is 14.8 Å². The topological polar surface area (TPSA) is 86.3 Å². The third-order valence-corrected chi connectivity index (χ3v) is 5.99. The second kappa shape index (κ2) is 15.7. The number of benzene rings is 3. The Bertz CT molecular complexity index is 1060. The molecule has 0 aliphatic carbocycles. The molecule has 2 atom stereocenters. The van der Waals surface area contributed by atoms with Gasteiger partial charge < -0.3 is 29.4 Å². The van der Waals surface area contributed by atoms with Crippen molar-refractivity contribution in [1.82, 2.24) is 0 Å². The van der Waals surface area contributed by atoms with Crippen LogP contribution >= 0.6 is 0 Å². The summed E-state index contributed by atoms with van der Waals surface area (Å²) in [5.74, 6) is 1.41. The molecule has 2 N–H and O–H groups in total. The molecule has 0 radical (unpaired) electrons. The number of Topliss-reactive ketones (excluding diaryl/α,β-unsaturated/α-hetero) is 1. The van der Waals surface area contributed by atoms with Gasteiger partial charge in [-0.1, -0.05) is 54.6 Å². The Kier molecular flexibility index (Phi) is 11.9. The van der Waals surface area contributed by atoms with Gasteiger partial charge in [-0.25, -0.2) is 0 Å². The van der Waals surface area contributed by atoms with E-state index in [2.05, 4.69) is 5.32 Å². The fraction of sp³-hybridized carbons (Fsp3) is 0.367. The molecule has 0 aromatic heterocycles. The molecule has 37 heavy (non-hydrogen) atoms. The minimum absolute atomic E-state index is 0.0124. The van der Waals surface area contributed by atoms with E-state index >= 15 is 0 Å².